The summed E-state index contributed by atoms with van der Waals surface area (Å²) in [6.07, 6.45) is 0.776. The van der Waals surface area contributed by atoms with Crippen molar-refractivity contribution in [2.75, 3.05) is 20.3 Å². The van der Waals surface area contributed by atoms with Gasteiger partial charge in [0, 0.05) is 17.5 Å². The van der Waals surface area contributed by atoms with Crippen molar-refractivity contribution in [1.82, 2.24) is 15.3 Å². The summed E-state index contributed by atoms with van der Waals surface area (Å²) in [5.74, 6) is 2.22. The number of aryl methyl sites for hydroxylation is 3. The lowest BCUT2D eigenvalue weighted by molar-refractivity contribution is 0.0950. The molecular weight excluding hydrogens is 362 g/mol. The van der Waals surface area contributed by atoms with E-state index < -0.39 is 0 Å². The van der Waals surface area contributed by atoms with Gasteiger partial charge in [-0.15, -0.1) is 11.3 Å². The molecule has 2 heterocycles. The maximum Gasteiger partial charge on any atom is 0.261 e. The van der Waals surface area contributed by atoms with Crippen LogP contribution in [0.4, 0.5) is 0 Å². The molecule has 0 saturated heterocycles. The van der Waals surface area contributed by atoms with Gasteiger partial charge in [-0.3, -0.25) is 4.79 Å². The van der Waals surface area contributed by atoms with Crippen molar-refractivity contribution in [1.29, 1.82) is 0 Å². The number of aromatic nitrogens is 2. The van der Waals surface area contributed by atoms with Crippen molar-refractivity contribution in [2.45, 2.75) is 27.2 Å². The number of hydrogen-bond acceptors (Lipinski definition) is 6. The van der Waals surface area contributed by atoms with Gasteiger partial charge in [-0.1, -0.05) is 6.92 Å². The van der Waals surface area contributed by atoms with Gasteiger partial charge in [0.1, 0.15) is 28.8 Å². The van der Waals surface area contributed by atoms with Crippen LogP contribution in [-0.2, 0) is 6.42 Å². The number of fused-ring (bicyclic) bond motifs is 1. The number of carbonyl (C=O) groups excluding carboxylic acids is 1. The number of nitrogens with zero attached hydrogens (tertiary/aromatic N) is 2. The van der Waals surface area contributed by atoms with Gasteiger partial charge in [-0.25, -0.2) is 9.97 Å². The van der Waals surface area contributed by atoms with E-state index in [4.69, 9.17) is 9.47 Å². The number of carbonyl (C=O) groups is 1. The van der Waals surface area contributed by atoms with E-state index in [0.717, 1.165) is 45.2 Å². The molecule has 0 unspecified atom stereocenters. The monoisotopic (exact) mass is 385 g/mol. The quantitative estimate of drug-likeness (QED) is 0.628. The average molecular weight is 385 g/mol. The molecule has 0 aliphatic heterocycles. The van der Waals surface area contributed by atoms with Crippen molar-refractivity contribution in [3.8, 4) is 11.5 Å². The van der Waals surface area contributed by atoms with Crippen LogP contribution in [0.2, 0.25) is 0 Å². The van der Waals surface area contributed by atoms with Crippen LogP contribution in [-0.4, -0.2) is 36.1 Å². The second kappa shape index (κ2) is 8.35. The largest absolute Gasteiger partial charge is 0.497 e. The van der Waals surface area contributed by atoms with Crippen molar-refractivity contribution < 1.29 is 14.3 Å². The molecule has 0 fully saturated rings. The molecule has 3 aromatic rings. The Morgan fingerprint density at radius 1 is 1.15 bits per heavy atom. The SMILES string of the molecule is CCc1nc(C)c2c(C)c(C(=O)NCCOc3ccc(OC)cc3)sc2n1. The third-order valence-corrected chi connectivity index (χ3v) is 5.44. The van der Waals surface area contributed by atoms with Crippen LogP contribution in [0.3, 0.4) is 0 Å². The fourth-order valence-electron chi connectivity index (χ4n) is 2.86. The summed E-state index contributed by atoms with van der Waals surface area (Å²) in [6, 6.07) is 7.35. The fourth-order valence-corrected chi connectivity index (χ4v) is 4.02. The topological polar surface area (TPSA) is 73.3 Å². The molecule has 27 heavy (non-hydrogen) atoms. The fraction of sp³-hybridized carbons (Fsp3) is 0.350. The van der Waals surface area contributed by atoms with E-state index in [2.05, 4.69) is 15.3 Å². The van der Waals surface area contributed by atoms with E-state index in [-0.39, 0.29) is 5.91 Å². The highest BCUT2D eigenvalue weighted by atomic mass is 32.1. The molecule has 0 saturated carbocycles. The normalized spacial score (nSPS) is 10.8. The second-order valence-electron chi connectivity index (χ2n) is 6.10. The Hall–Kier alpha value is -2.67. The molecule has 0 radical (unpaired) electrons. The Bertz CT molecular complexity index is 951. The Morgan fingerprint density at radius 2 is 1.85 bits per heavy atom. The molecule has 0 aliphatic rings. The molecule has 0 aliphatic carbocycles. The lowest BCUT2D eigenvalue weighted by Crippen LogP contribution is -2.27. The first-order chi connectivity index (χ1) is 13.0. The predicted molar refractivity (Wildman–Crippen MR) is 107 cm³/mol. The minimum absolute atomic E-state index is 0.105. The maximum absolute atomic E-state index is 12.6. The molecule has 142 valence electrons. The Morgan fingerprint density at radius 3 is 2.52 bits per heavy atom. The summed E-state index contributed by atoms with van der Waals surface area (Å²) >= 11 is 1.42. The summed E-state index contributed by atoms with van der Waals surface area (Å²) in [7, 11) is 1.62. The lowest BCUT2D eigenvalue weighted by Gasteiger charge is -2.08. The molecule has 0 spiro atoms. The van der Waals surface area contributed by atoms with Crippen molar-refractivity contribution >= 4 is 27.5 Å². The Kier molecular flexibility index (Phi) is 5.91. The number of benzene rings is 1. The van der Waals surface area contributed by atoms with Crippen LogP contribution >= 0.6 is 11.3 Å². The van der Waals surface area contributed by atoms with Crippen LogP contribution in [0.25, 0.3) is 10.2 Å². The first-order valence-corrected chi connectivity index (χ1v) is 9.66. The molecule has 3 rings (SSSR count). The summed E-state index contributed by atoms with van der Waals surface area (Å²) in [6.45, 7) is 6.75. The summed E-state index contributed by atoms with van der Waals surface area (Å²) in [4.78, 5) is 23.2. The highest BCUT2D eigenvalue weighted by Crippen LogP contribution is 2.31. The molecule has 0 bridgehead atoms. The second-order valence-corrected chi connectivity index (χ2v) is 7.09. The zero-order valence-electron chi connectivity index (χ0n) is 16.0. The molecular formula is C20H23N3O3S. The number of thiophene rings is 1. The maximum atomic E-state index is 12.6. The summed E-state index contributed by atoms with van der Waals surface area (Å²) < 4.78 is 10.8. The van der Waals surface area contributed by atoms with E-state index in [0.29, 0.717) is 18.0 Å². The van der Waals surface area contributed by atoms with E-state index in [1.807, 2.05) is 45.0 Å². The molecule has 0 atom stereocenters. The van der Waals surface area contributed by atoms with Crippen molar-refractivity contribution in [3.05, 3.63) is 46.2 Å². The number of hydrogen-bond donors (Lipinski definition) is 1. The van der Waals surface area contributed by atoms with E-state index >= 15 is 0 Å². The Labute approximate surface area is 162 Å². The summed E-state index contributed by atoms with van der Waals surface area (Å²) in [5.41, 5.74) is 1.86. The molecule has 7 heteroatoms. The molecule has 1 aromatic carbocycles. The predicted octanol–water partition coefficient (Wildman–Crippen LogP) is 3.69. The van der Waals surface area contributed by atoms with Crippen molar-refractivity contribution in [3.63, 3.8) is 0 Å². The van der Waals surface area contributed by atoms with Crippen LogP contribution in [0.5, 0.6) is 11.5 Å². The highest BCUT2D eigenvalue weighted by Gasteiger charge is 2.18. The average Bonchev–Trinajstić information content (AvgIpc) is 3.02. The van der Waals surface area contributed by atoms with Gasteiger partial charge in [0.2, 0.25) is 0 Å². The van der Waals surface area contributed by atoms with Gasteiger partial charge < -0.3 is 14.8 Å². The molecule has 6 nitrogen and oxygen atoms in total. The van der Waals surface area contributed by atoms with E-state index in [1.54, 1.807) is 7.11 Å². The summed E-state index contributed by atoms with van der Waals surface area (Å²) in [5, 5.41) is 3.90. The first kappa shape index (κ1) is 19.1. The van der Waals surface area contributed by atoms with Gasteiger partial charge >= 0.3 is 0 Å². The van der Waals surface area contributed by atoms with Crippen LogP contribution < -0.4 is 14.8 Å². The smallest absolute Gasteiger partial charge is 0.261 e. The van der Waals surface area contributed by atoms with Crippen LogP contribution in [0.1, 0.15) is 33.7 Å². The first-order valence-electron chi connectivity index (χ1n) is 8.85. The number of methoxy groups -OCH3 is 1. The van der Waals surface area contributed by atoms with Gasteiger partial charge in [0.25, 0.3) is 5.91 Å². The lowest BCUT2D eigenvalue weighted by atomic mass is 10.1. The number of ether oxygens (including phenoxy) is 2. The van der Waals surface area contributed by atoms with Gasteiger partial charge in [0.15, 0.2) is 0 Å². The zero-order valence-corrected chi connectivity index (χ0v) is 16.8. The van der Waals surface area contributed by atoms with Crippen molar-refractivity contribution in [2.24, 2.45) is 0 Å². The molecule has 2 aromatic heterocycles. The van der Waals surface area contributed by atoms with Gasteiger partial charge in [-0.2, -0.15) is 0 Å². The number of rotatable bonds is 7. The van der Waals surface area contributed by atoms with Gasteiger partial charge in [0.05, 0.1) is 18.5 Å². The van der Waals surface area contributed by atoms with E-state index in [1.165, 1.54) is 11.3 Å². The molecule has 1 N–H and O–H groups in total. The third-order valence-electron chi connectivity index (χ3n) is 4.26. The number of amides is 1. The van der Waals surface area contributed by atoms with Crippen LogP contribution in [0, 0.1) is 13.8 Å². The number of nitrogens with one attached hydrogen (secondary N) is 1. The minimum Gasteiger partial charge on any atom is -0.497 e. The minimum atomic E-state index is -0.105. The van der Waals surface area contributed by atoms with Gasteiger partial charge in [-0.05, 0) is 43.7 Å². The zero-order chi connectivity index (χ0) is 19.4. The highest BCUT2D eigenvalue weighted by molar-refractivity contribution is 7.20. The standard InChI is InChI=1S/C20H23N3O3S/c1-5-16-22-13(3)17-12(2)18(27-20(17)23-16)19(24)21-10-11-26-15-8-6-14(25-4)7-9-15/h6-9H,5,10-11H2,1-4H3,(H,21,24). The third kappa shape index (κ3) is 4.19. The van der Waals surface area contributed by atoms with Crippen LogP contribution in [0.15, 0.2) is 24.3 Å². The Balaban J connectivity index is 1.62. The molecule has 1 amide bonds. The van der Waals surface area contributed by atoms with E-state index in [9.17, 15) is 4.79 Å².